The van der Waals surface area contributed by atoms with Gasteiger partial charge in [0.1, 0.15) is 0 Å². The largest absolute Gasteiger partial charge is 0.349 e. The molecule has 1 fully saturated rings. The van der Waals surface area contributed by atoms with Crippen molar-refractivity contribution in [1.82, 2.24) is 10.2 Å². The highest BCUT2D eigenvalue weighted by atomic mass is 16.1. The van der Waals surface area contributed by atoms with Crippen LogP contribution in [0.1, 0.15) is 29.3 Å². The zero-order valence-corrected chi connectivity index (χ0v) is 12.7. The van der Waals surface area contributed by atoms with E-state index in [9.17, 15) is 4.79 Å². The summed E-state index contributed by atoms with van der Waals surface area (Å²) in [6.45, 7) is 4.51. The first-order chi connectivity index (χ1) is 10.1. The second-order valence-electron chi connectivity index (χ2n) is 5.66. The molecular formula is C17H23N3O. The third-order valence-electron chi connectivity index (χ3n) is 3.92. The molecule has 3 N–H and O–H groups in total. The van der Waals surface area contributed by atoms with E-state index in [1.807, 2.05) is 24.3 Å². The Kier molecular flexibility index (Phi) is 5.38. The zero-order valence-electron chi connectivity index (χ0n) is 12.7. The molecule has 0 aromatic heterocycles. The predicted octanol–water partition coefficient (Wildman–Crippen LogP) is 1.07. The van der Waals surface area contributed by atoms with Crippen LogP contribution in [0.5, 0.6) is 0 Å². The van der Waals surface area contributed by atoms with Crippen LogP contribution in [0.3, 0.4) is 0 Å². The van der Waals surface area contributed by atoms with Crippen molar-refractivity contribution in [2.45, 2.75) is 19.4 Å². The van der Waals surface area contributed by atoms with Crippen LogP contribution in [0.25, 0.3) is 0 Å². The first kappa shape index (κ1) is 15.6. The highest BCUT2D eigenvalue weighted by Gasteiger charge is 2.26. The summed E-state index contributed by atoms with van der Waals surface area (Å²) in [5.41, 5.74) is 6.77. The number of carbonyl (C=O) groups excluding carboxylic acids is 1. The highest BCUT2D eigenvalue weighted by molar-refractivity contribution is 5.96. The maximum absolute atomic E-state index is 12.5. The molecule has 1 aromatic rings. The number of hydrogen-bond donors (Lipinski definition) is 2. The van der Waals surface area contributed by atoms with Crippen molar-refractivity contribution in [1.29, 1.82) is 0 Å². The number of amides is 1. The van der Waals surface area contributed by atoms with Crippen LogP contribution in [-0.4, -0.2) is 43.5 Å². The minimum Gasteiger partial charge on any atom is -0.349 e. The molecule has 0 radical (unpaired) electrons. The lowest BCUT2D eigenvalue weighted by molar-refractivity contribution is 0.0883. The molecule has 4 heteroatoms. The van der Waals surface area contributed by atoms with E-state index in [1.54, 1.807) is 0 Å². The average molecular weight is 285 g/mol. The minimum absolute atomic E-state index is 0.0432. The Morgan fingerprint density at radius 1 is 1.48 bits per heavy atom. The number of nitrogens with two attached hydrogens (primary N) is 1. The lowest BCUT2D eigenvalue weighted by Crippen LogP contribution is -2.49. The second kappa shape index (κ2) is 7.26. The first-order valence-electron chi connectivity index (χ1n) is 7.39. The van der Waals surface area contributed by atoms with Crippen molar-refractivity contribution < 1.29 is 4.79 Å². The van der Waals surface area contributed by atoms with Crippen molar-refractivity contribution in [3.8, 4) is 11.8 Å². The van der Waals surface area contributed by atoms with Crippen molar-refractivity contribution >= 4 is 5.91 Å². The predicted molar refractivity (Wildman–Crippen MR) is 84.9 cm³/mol. The third kappa shape index (κ3) is 4.07. The summed E-state index contributed by atoms with van der Waals surface area (Å²) in [4.78, 5) is 14.8. The van der Waals surface area contributed by atoms with Gasteiger partial charge in [-0.25, -0.2) is 0 Å². The molecule has 112 valence electrons. The van der Waals surface area contributed by atoms with Crippen LogP contribution in [0, 0.1) is 17.8 Å². The summed E-state index contributed by atoms with van der Waals surface area (Å²) < 4.78 is 0. The molecule has 1 aliphatic rings. The summed E-state index contributed by atoms with van der Waals surface area (Å²) in [7, 11) is 2.12. The van der Waals surface area contributed by atoms with Gasteiger partial charge >= 0.3 is 0 Å². The van der Waals surface area contributed by atoms with Gasteiger partial charge in [-0.05, 0) is 38.1 Å². The van der Waals surface area contributed by atoms with Gasteiger partial charge in [0.2, 0.25) is 0 Å². The number of carbonyl (C=O) groups is 1. The van der Waals surface area contributed by atoms with Crippen LogP contribution in [0.15, 0.2) is 24.3 Å². The van der Waals surface area contributed by atoms with Gasteiger partial charge in [-0.2, -0.15) is 0 Å². The number of nitrogens with one attached hydrogen (secondary N) is 1. The van der Waals surface area contributed by atoms with Crippen molar-refractivity contribution in [2.24, 2.45) is 11.7 Å². The van der Waals surface area contributed by atoms with Gasteiger partial charge in [0.05, 0.1) is 12.1 Å². The number of rotatable bonds is 2. The molecule has 2 atom stereocenters. The van der Waals surface area contributed by atoms with E-state index >= 15 is 0 Å². The lowest BCUT2D eigenvalue weighted by Gasteiger charge is -2.35. The Morgan fingerprint density at radius 2 is 2.24 bits per heavy atom. The fraction of sp³-hybridized carbons (Fsp3) is 0.471. The Bertz CT molecular complexity index is 559. The quantitative estimate of drug-likeness (QED) is 0.799. The summed E-state index contributed by atoms with van der Waals surface area (Å²) in [6.07, 6.45) is 0.986. The topological polar surface area (TPSA) is 58.4 Å². The Labute approximate surface area is 126 Å². The molecule has 0 aliphatic carbocycles. The van der Waals surface area contributed by atoms with E-state index in [0.29, 0.717) is 18.0 Å². The zero-order chi connectivity index (χ0) is 15.2. The first-order valence-corrected chi connectivity index (χ1v) is 7.39. The van der Waals surface area contributed by atoms with Gasteiger partial charge in [-0.1, -0.05) is 30.9 Å². The Balaban J connectivity index is 2.10. The van der Waals surface area contributed by atoms with E-state index < -0.39 is 0 Å². The maximum atomic E-state index is 12.5. The summed E-state index contributed by atoms with van der Waals surface area (Å²) in [5.74, 6) is 6.18. The monoisotopic (exact) mass is 285 g/mol. The number of hydrogen-bond acceptors (Lipinski definition) is 3. The fourth-order valence-corrected chi connectivity index (χ4v) is 2.75. The molecule has 2 unspecified atom stereocenters. The smallest absolute Gasteiger partial charge is 0.252 e. The van der Waals surface area contributed by atoms with E-state index in [-0.39, 0.29) is 11.9 Å². The number of likely N-dealkylation sites (tertiary alicyclic amines) is 1. The standard InChI is InChI=1S/C17H23N3O/c1-13-12-20(2)11-9-16(13)19-17(21)15-8-4-3-6-14(15)7-5-10-18/h3-4,6,8,13,16H,9-12,18H2,1-2H3,(H,19,21). The normalized spacial score (nSPS) is 22.2. The van der Waals surface area contributed by atoms with Crippen LogP contribution in [-0.2, 0) is 0 Å². The molecule has 2 rings (SSSR count). The fourth-order valence-electron chi connectivity index (χ4n) is 2.75. The summed E-state index contributed by atoms with van der Waals surface area (Å²) in [5, 5.41) is 3.16. The molecule has 1 heterocycles. The van der Waals surface area contributed by atoms with E-state index in [1.165, 1.54) is 0 Å². The number of benzene rings is 1. The van der Waals surface area contributed by atoms with E-state index in [2.05, 4.69) is 36.0 Å². The van der Waals surface area contributed by atoms with Crippen LogP contribution < -0.4 is 11.1 Å². The molecule has 1 aromatic carbocycles. The van der Waals surface area contributed by atoms with Gasteiger partial charge in [0.15, 0.2) is 0 Å². The van der Waals surface area contributed by atoms with Gasteiger partial charge in [0.25, 0.3) is 5.91 Å². The molecular weight excluding hydrogens is 262 g/mol. The van der Waals surface area contributed by atoms with Gasteiger partial charge in [0, 0.05) is 18.2 Å². The summed E-state index contributed by atoms with van der Waals surface area (Å²) in [6, 6.07) is 7.64. The molecule has 1 aliphatic heterocycles. The molecule has 1 saturated heterocycles. The molecule has 0 bridgehead atoms. The Hall–Kier alpha value is -1.83. The minimum atomic E-state index is -0.0432. The average Bonchev–Trinajstić information content (AvgIpc) is 2.48. The number of nitrogens with zero attached hydrogens (tertiary/aromatic N) is 1. The lowest BCUT2D eigenvalue weighted by atomic mass is 9.93. The molecule has 4 nitrogen and oxygen atoms in total. The molecule has 1 amide bonds. The second-order valence-corrected chi connectivity index (χ2v) is 5.66. The Morgan fingerprint density at radius 3 is 2.95 bits per heavy atom. The third-order valence-corrected chi connectivity index (χ3v) is 3.92. The summed E-state index contributed by atoms with van der Waals surface area (Å²) >= 11 is 0. The SMILES string of the molecule is CC1CN(C)CCC1NC(=O)c1ccccc1C#CCN. The van der Waals surface area contributed by atoms with E-state index in [0.717, 1.165) is 25.1 Å². The number of piperidine rings is 1. The molecule has 21 heavy (non-hydrogen) atoms. The van der Waals surface area contributed by atoms with Crippen molar-refractivity contribution in [3.63, 3.8) is 0 Å². The van der Waals surface area contributed by atoms with Crippen LogP contribution in [0.2, 0.25) is 0 Å². The van der Waals surface area contributed by atoms with Crippen LogP contribution >= 0.6 is 0 Å². The van der Waals surface area contributed by atoms with Gasteiger partial charge in [-0.3, -0.25) is 4.79 Å². The van der Waals surface area contributed by atoms with Crippen molar-refractivity contribution in [2.75, 3.05) is 26.7 Å². The maximum Gasteiger partial charge on any atom is 0.252 e. The van der Waals surface area contributed by atoms with E-state index in [4.69, 9.17) is 5.73 Å². The highest BCUT2D eigenvalue weighted by Crippen LogP contribution is 2.16. The molecule has 0 spiro atoms. The molecule has 0 saturated carbocycles. The van der Waals surface area contributed by atoms with Crippen LogP contribution in [0.4, 0.5) is 0 Å². The van der Waals surface area contributed by atoms with Gasteiger partial charge in [-0.15, -0.1) is 0 Å². The van der Waals surface area contributed by atoms with Crippen molar-refractivity contribution in [3.05, 3.63) is 35.4 Å². The van der Waals surface area contributed by atoms with Gasteiger partial charge < -0.3 is 16.0 Å².